The van der Waals surface area contributed by atoms with Crippen molar-refractivity contribution in [2.45, 2.75) is 18.7 Å². The SMILES string of the molecule is COc1ccc(/C=C/C(=O)[O-])cc1S(=O)(=O)NCC(C)C. The van der Waals surface area contributed by atoms with Crippen LogP contribution >= 0.6 is 0 Å². The van der Waals surface area contributed by atoms with Crippen LogP contribution in [0.25, 0.3) is 6.08 Å². The van der Waals surface area contributed by atoms with Gasteiger partial charge in [-0.25, -0.2) is 13.1 Å². The Bertz CT molecular complexity index is 635. The molecule has 0 radical (unpaired) electrons. The van der Waals surface area contributed by atoms with Crippen LogP contribution in [0.15, 0.2) is 29.2 Å². The van der Waals surface area contributed by atoms with Crippen molar-refractivity contribution in [1.29, 1.82) is 0 Å². The fraction of sp³-hybridized carbons (Fsp3) is 0.357. The molecule has 0 bridgehead atoms. The normalized spacial score (nSPS) is 12.0. The lowest BCUT2D eigenvalue weighted by molar-refractivity contribution is -0.297. The van der Waals surface area contributed by atoms with Gasteiger partial charge in [-0.3, -0.25) is 0 Å². The van der Waals surface area contributed by atoms with Crippen molar-refractivity contribution >= 4 is 22.1 Å². The second-order valence-electron chi connectivity index (χ2n) is 4.81. The molecule has 1 aromatic carbocycles. The number of ether oxygens (including phenoxy) is 1. The number of carboxylic acids is 1. The molecule has 0 heterocycles. The van der Waals surface area contributed by atoms with Crippen molar-refractivity contribution in [2.24, 2.45) is 5.92 Å². The molecule has 0 aliphatic carbocycles. The standard InChI is InChI=1S/C14H19NO5S/c1-10(2)9-15-21(18,19)13-8-11(5-7-14(16)17)4-6-12(13)20-3/h4-8,10,15H,9H2,1-3H3,(H,16,17)/p-1/b7-5+. The first-order valence-electron chi connectivity index (χ1n) is 6.33. The van der Waals surface area contributed by atoms with Crippen LogP contribution in [0.5, 0.6) is 5.75 Å². The van der Waals surface area contributed by atoms with E-state index in [1.54, 1.807) is 6.07 Å². The fourth-order valence-electron chi connectivity index (χ4n) is 1.53. The van der Waals surface area contributed by atoms with Crippen LogP contribution in [0.3, 0.4) is 0 Å². The minimum atomic E-state index is -3.73. The van der Waals surface area contributed by atoms with Gasteiger partial charge in [0.15, 0.2) is 0 Å². The molecule has 0 amide bonds. The molecule has 6 nitrogen and oxygen atoms in total. The Kier molecular flexibility index (Phi) is 5.92. The molecule has 21 heavy (non-hydrogen) atoms. The number of carbonyl (C=O) groups is 1. The third-order valence-corrected chi connectivity index (χ3v) is 4.02. The van der Waals surface area contributed by atoms with Crippen LogP contribution in [0.4, 0.5) is 0 Å². The summed E-state index contributed by atoms with van der Waals surface area (Å²) in [5, 5.41) is 10.4. The number of carbonyl (C=O) groups excluding carboxylic acids is 1. The van der Waals surface area contributed by atoms with Crippen LogP contribution < -0.4 is 14.6 Å². The van der Waals surface area contributed by atoms with Crippen LogP contribution in [0, 0.1) is 5.92 Å². The number of aliphatic carboxylic acids is 1. The maximum absolute atomic E-state index is 12.3. The molecule has 1 N–H and O–H groups in total. The monoisotopic (exact) mass is 312 g/mol. The van der Waals surface area contributed by atoms with Crippen molar-refractivity contribution in [3.8, 4) is 5.75 Å². The molecule has 0 aliphatic heterocycles. The Morgan fingerprint density at radius 3 is 2.62 bits per heavy atom. The number of rotatable bonds is 7. The molecule has 0 saturated heterocycles. The highest BCUT2D eigenvalue weighted by Crippen LogP contribution is 2.25. The van der Waals surface area contributed by atoms with Gasteiger partial charge in [0, 0.05) is 6.54 Å². The van der Waals surface area contributed by atoms with Gasteiger partial charge in [0.1, 0.15) is 10.6 Å². The molecule has 0 atom stereocenters. The van der Waals surface area contributed by atoms with E-state index in [4.69, 9.17) is 4.74 Å². The summed E-state index contributed by atoms with van der Waals surface area (Å²) >= 11 is 0. The van der Waals surface area contributed by atoms with Crippen LogP contribution in [-0.4, -0.2) is 28.0 Å². The summed E-state index contributed by atoms with van der Waals surface area (Å²) in [5.74, 6) is -1.00. The zero-order valence-corrected chi connectivity index (χ0v) is 12.9. The maximum atomic E-state index is 12.3. The number of hydrogen-bond donors (Lipinski definition) is 1. The third-order valence-electron chi connectivity index (χ3n) is 2.57. The van der Waals surface area contributed by atoms with Gasteiger partial charge >= 0.3 is 0 Å². The maximum Gasteiger partial charge on any atom is 0.244 e. The minimum absolute atomic E-state index is 0.0360. The van der Waals surface area contributed by atoms with Gasteiger partial charge in [-0.1, -0.05) is 26.0 Å². The zero-order valence-electron chi connectivity index (χ0n) is 12.1. The Labute approximate surface area is 124 Å². The first kappa shape index (κ1) is 17.2. The predicted molar refractivity (Wildman–Crippen MR) is 77.1 cm³/mol. The lowest BCUT2D eigenvalue weighted by atomic mass is 10.2. The lowest BCUT2D eigenvalue weighted by Crippen LogP contribution is -2.28. The second kappa shape index (κ2) is 7.24. The van der Waals surface area contributed by atoms with Crippen molar-refractivity contribution in [2.75, 3.05) is 13.7 Å². The Hall–Kier alpha value is -1.86. The molecular weight excluding hydrogens is 294 g/mol. The van der Waals surface area contributed by atoms with E-state index in [1.807, 2.05) is 13.8 Å². The van der Waals surface area contributed by atoms with Crippen LogP contribution in [-0.2, 0) is 14.8 Å². The first-order chi connectivity index (χ1) is 9.76. The van der Waals surface area contributed by atoms with E-state index in [0.717, 1.165) is 6.08 Å². The van der Waals surface area contributed by atoms with E-state index >= 15 is 0 Å². The van der Waals surface area contributed by atoms with Gasteiger partial charge in [-0.05, 0) is 29.7 Å². The predicted octanol–water partition coefficient (Wildman–Crippen LogP) is 0.393. The summed E-state index contributed by atoms with van der Waals surface area (Å²) in [6.45, 7) is 4.07. The number of nitrogens with one attached hydrogen (secondary N) is 1. The Morgan fingerprint density at radius 1 is 1.43 bits per heavy atom. The molecule has 0 fully saturated rings. The largest absolute Gasteiger partial charge is 0.545 e. The molecule has 7 heteroatoms. The third kappa shape index (κ3) is 5.20. The quantitative estimate of drug-likeness (QED) is 0.735. The molecule has 116 valence electrons. The molecular formula is C14H18NO5S-. The number of hydrogen-bond acceptors (Lipinski definition) is 5. The number of carboxylic acid groups (broad SMARTS) is 1. The lowest BCUT2D eigenvalue weighted by Gasteiger charge is -2.12. The summed E-state index contributed by atoms with van der Waals surface area (Å²) in [6, 6.07) is 4.37. The first-order valence-corrected chi connectivity index (χ1v) is 7.81. The molecule has 1 rings (SSSR count). The van der Waals surface area contributed by atoms with Gasteiger partial charge in [0.2, 0.25) is 10.0 Å². The Morgan fingerprint density at radius 2 is 2.10 bits per heavy atom. The molecule has 0 spiro atoms. The van der Waals surface area contributed by atoms with Gasteiger partial charge in [0.25, 0.3) is 0 Å². The van der Waals surface area contributed by atoms with Crippen molar-refractivity contribution in [3.05, 3.63) is 29.8 Å². The van der Waals surface area contributed by atoms with Crippen molar-refractivity contribution < 1.29 is 23.1 Å². The number of methoxy groups -OCH3 is 1. The van der Waals surface area contributed by atoms with Gasteiger partial charge < -0.3 is 14.6 Å². The van der Waals surface area contributed by atoms with E-state index in [2.05, 4.69) is 4.72 Å². The summed E-state index contributed by atoms with van der Waals surface area (Å²) in [6.07, 6.45) is 2.09. The van der Waals surface area contributed by atoms with E-state index < -0.39 is 16.0 Å². The van der Waals surface area contributed by atoms with Crippen LogP contribution in [0.1, 0.15) is 19.4 Å². The topological polar surface area (TPSA) is 95.5 Å². The van der Waals surface area contributed by atoms with E-state index in [1.165, 1.54) is 25.3 Å². The van der Waals surface area contributed by atoms with E-state index in [0.29, 0.717) is 12.1 Å². The van der Waals surface area contributed by atoms with Crippen LogP contribution in [0.2, 0.25) is 0 Å². The van der Waals surface area contributed by atoms with E-state index in [-0.39, 0.29) is 16.6 Å². The summed E-state index contributed by atoms with van der Waals surface area (Å²) in [7, 11) is -2.36. The molecule has 0 aromatic heterocycles. The molecule has 1 aromatic rings. The molecule has 0 saturated carbocycles. The second-order valence-corrected chi connectivity index (χ2v) is 6.54. The van der Waals surface area contributed by atoms with Gasteiger partial charge in [-0.15, -0.1) is 0 Å². The minimum Gasteiger partial charge on any atom is -0.545 e. The number of benzene rings is 1. The van der Waals surface area contributed by atoms with Crippen molar-refractivity contribution in [3.63, 3.8) is 0 Å². The summed E-state index contributed by atoms with van der Waals surface area (Å²) in [4.78, 5) is 10.4. The molecule has 0 unspecified atom stereocenters. The van der Waals surface area contributed by atoms with Gasteiger partial charge in [-0.2, -0.15) is 0 Å². The average Bonchev–Trinajstić information content (AvgIpc) is 2.42. The summed E-state index contributed by atoms with van der Waals surface area (Å²) in [5.41, 5.74) is 0.421. The van der Waals surface area contributed by atoms with Gasteiger partial charge in [0.05, 0.1) is 13.1 Å². The molecule has 0 aliphatic rings. The highest BCUT2D eigenvalue weighted by molar-refractivity contribution is 7.89. The zero-order chi connectivity index (χ0) is 16.0. The Balaban J connectivity index is 3.19. The summed E-state index contributed by atoms with van der Waals surface area (Å²) < 4.78 is 32.1. The van der Waals surface area contributed by atoms with Crippen molar-refractivity contribution in [1.82, 2.24) is 4.72 Å². The average molecular weight is 312 g/mol. The van der Waals surface area contributed by atoms with E-state index in [9.17, 15) is 18.3 Å². The highest BCUT2D eigenvalue weighted by Gasteiger charge is 2.19. The fourth-order valence-corrected chi connectivity index (χ4v) is 2.94. The highest BCUT2D eigenvalue weighted by atomic mass is 32.2. The smallest absolute Gasteiger partial charge is 0.244 e. The number of sulfonamides is 1.